The van der Waals surface area contributed by atoms with E-state index in [2.05, 4.69) is 10.1 Å². The smallest absolute Gasteiger partial charge is 0.407 e. The maximum Gasteiger partial charge on any atom is 0.407 e. The van der Waals surface area contributed by atoms with Gasteiger partial charge in [0.15, 0.2) is 0 Å². The number of ether oxygens (including phenoxy) is 1. The van der Waals surface area contributed by atoms with Crippen LogP contribution in [-0.4, -0.2) is 53.7 Å². The van der Waals surface area contributed by atoms with Gasteiger partial charge in [-0.05, 0) is 30.1 Å². The van der Waals surface area contributed by atoms with Crippen LogP contribution in [0.3, 0.4) is 0 Å². The van der Waals surface area contributed by atoms with Gasteiger partial charge in [-0.1, -0.05) is 40.0 Å². The van der Waals surface area contributed by atoms with Crippen molar-refractivity contribution in [1.29, 1.82) is 0 Å². The number of carboxylic acids is 1. The second-order valence-corrected chi connectivity index (χ2v) is 8.52. The molecule has 1 saturated heterocycles. The van der Waals surface area contributed by atoms with Crippen LogP contribution in [0.1, 0.15) is 59.3 Å². The van der Waals surface area contributed by atoms with E-state index < -0.39 is 29.6 Å². The van der Waals surface area contributed by atoms with Crippen LogP contribution in [0.4, 0.5) is 4.79 Å². The number of alkyl carbamates (subject to hydrolysis) is 1. The molecule has 0 radical (unpaired) electrons. The fraction of sp³-hybridized carbons (Fsp3) is 0.833. The van der Waals surface area contributed by atoms with Crippen LogP contribution < -0.4 is 5.32 Å². The number of aliphatic carboxylic acids is 1. The molecule has 7 nitrogen and oxygen atoms in total. The summed E-state index contributed by atoms with van der Waals surface area (Å²) in [6.07, 6.45) is 5.07. The summed E-state index contributed by atoms with van der Waals surface area (Å²) in [4.78, 5) is 38.1. The van der Waals surface area contributed by atoms with E-state index in [0.29, 0.717) is 13.0 Å². The lowest BCUT2D eigenvalue weighted by atomic mass is 9.73. The Hall–Kier alpha value is -1.79. The molecule has 1 aliphatic heterocycles. The van der Waals surface area contributed by atoms with Crippen molar-refractivity contribution >= 4 is 18.0 Å². The van der Waals surface area contributed by atoms with Crippen molar-refractivity contribution in [3.63, 3.8) is 0 Å². The van der Waals surface area contributed by atoms with Gasteiger partial charge in [0.05, 0.1) is 7.11 Å². The Balaban J connectivity index is 2.26. The minimum Gasteiger partial charge on any atom is -0.480 e. The van der Waals surface area contributed by atoms with Crippen molar-refractivity contribution in [2.75, 3.05) is 13.7 Å². The molecule has 142 valence electrons. The Morgan fingerprint density at radius 2 is 1.80 bits per heavy atom. The first-order valence-corrected chi connectivity index (χ1v) is 8.97. The topological polar surface area (TPSA) is 95.9 Å². The van der Waals surface area contributed by atoms with Crippen LogP contribution in [0.5, 0.6) is 0 Å². The molecule has 0 aromatic heterocycles. The Labute approximate surface area is 149 Å². The predicted octanol–water partition coefficient (Wildman–Crippen LogP) is 2.39. The molecule has 0 bridgehead atoms. The summed E-state index contributed by atoms with van der Waals surface area (Å²) in [5.41, 5.74) is -0.651. The number of rotatable bonds is 3. The van der Waals surface area contributed by atoms with Gasteiger partial charge in [-0.15, -0.1) is 0 Å². The van der Waals surface area contributed by atoms with E-state index in [-0.39, 0.29) is 11.3 Å². The third-order valence-corrected chi connectivity index (χ3v) is 5.55. The Morgan fingerprint density at radius 1 is 1.20 bits per heavy atom. The molecule has 1 spiro atoms. The van der Waals surface area contributed by atoms with Crippen LogP contribution in [0.25, 0.3) is 0 Å². The van der Waals surface area contributed by atoms with Crippen LogP contribution in [0, 0.1) is 10.8 Å². The molecule has 2 unspecified atom stereocenters. The molecule has 2 aliphatic rings. The zero-order valence-electron chi connectivity index (χ0n) is 15.6. The van der Waals surface area contributed by atoms with Crippen molar-refractivity contribution in [3.8, 4) is 0 Å². The number of nitrogens with zero attached hydrogens (tertiary/aromatic N) is 1. The van der Waals surface area contributed by atoms with E-state index in [9.17, 15) is 19.5 Å². The zero-order valence-corrected chi connectivity index (χ0v) is 15.6. The largest absolute Gasteiger partial charge is 0.480 e. The first-order chi connectivity index (χ1) is 11.6. The molecule has 2 fully saturated rings. The fourth-order valence-corrected chi connectivity index (χ4v) is 4.16. The fourth-order valence-electron chi connectivity index (χ4n) is 4.16. The first kappa shape index (κ1) is 19.5. The van der Waals surface area contributed by atoms with E-state index in [0.717, 1.165) is 25.7 Å². The summed E-state index contributed by atoms with van der Waals surface area (Å²) in [5.74, 6) is -1.31. The summed E-state index contributed by atoms with van der Waals surface area (Å²) in [5, 5.41) is 12.2. The van der Waals surface area contributed by atoms with E-state index >= 15 is 0 Å². The summed E-state index contributed by atoms with van der Waals surface area (Å²) in [6, 6.07) is -1.66. The molecular formula is C18H30N2O5. The number of likely N-dealkylation sites (tertiary alicyclic amines) is 1. The lowest BCUT2D eigenvalue weighted by molar-refractivity contribution is -0.150. The van der Waals surface area contributed by atoms with Crippen LogP contribution in [0.15, 0.2) is 0 Å². The number of carboxylic acid groups (broad SMARTS) is 1. The van der Waals surface area contributed by atoms with Crippen molar-refractivity contribution in [3.05, 3.63) is 0 Å². The molecule has 7 heteroatoms. The Kier molecular flexibility index (Phi) is 5.64. The maximum atomic E-state index is 13.2. The number of hydrogen-bond acceptors (Lipinski definition) is 4. The lowest BCUT2D eigenvalue weighted by Gasteiger charge is -2.36. The highest BCUT2D eigenvalue weighted by molar-refractivity contribution is 5.90. The molecule has 2 rings (SSSR count). The minimum absolute atomic E-state index is 0.0926. The molecule has 2 amide bonds. The normalized spacial score (nSPS) is 24.0. The van der Waals surface area contributed by atoms with Crippen molar-refractivity contribution in [2.45, 2.75) is 71.4 Å². The maximum absolute atomic E-state index is 13.2. The number of carbonyl (C=O) groups is 3. The highest BCUT2D eigenvalue weighted by atomic mass is 16.5. The first-order valence-electron chi connectivity index (χ1n) is 8.97. The monoisotopic (exact) mass is 354 g/mol. The molecule has 1 aliphatic carbocycles. The van der Waals surface area contributed by atoms with E-state index in [1.807, 2.05) is 20.8 Å². The van der Waals surface area contributed by atoms with Gasteiger partial charge in [0, 0.05) is 6.54 Å². The lowest BCUT2D eigenvalue weighted by Crippen LogP contribution is -2.56. The quantitative estimate of drug-likeness (QED) is 0.811. The van der Waals surface area contributed by atoms with E-state index in [1.54, 1.807) is 0 Å². The number of nitrogens with one attached hydrogen (secondary N) is 1. The zero-order chi connectivity index (χ0) is 18.8. The third-order valence-electron chi connectivity index (χ3n) is 5.55. The van der Waals surface area contributed by atoms with Gasteiger partial charge in [-0.2, -0.15) is 0 Å². The SMILES string of the molecule is COC(=O)NC(C(=O)N1CC2(CCCCC2)CC1C(=O)O)C(C)(C)C. The summed E-state index contributed by atoms with van der Waals surface area (Å²) >= 11 is 0. The van der Waals surface area contributed by atoms with Crippen molar-refractivity contribution in [2.24, 2.45) is 10.8 Å². The molecule has 1 saturated carbocycles. The molecule has 0 aromatic carbocycles. The average molecular weight is 354 g/mol. The molecule has 2 atom stereocenters. The second-order valence-electron chi connectivity index (χ2n) is 8.52. The molecule has 1 heterocycles. The Morgan fingerprint density at radius 3 is 2.28 bits per heavy atom. The van der Waals surface area contributed by atoms with Gasteiger partial charge < -0.3 is 20.1 Å². The van der Waals surface area contributed by atoms with Crippen LogP contribution >= 0.6 is 0 Å². The van der Waals surface area contributed by atoms with Crippen molar-refractivity contribution < 1.29 is 24.2 Å². The van der Waals surface area contributed by atoms with Crippen LogP contribution in [0.2, 0.25) is 0 Å². The summed E-state index contributed by atoms with van der Waals surface area (Å²) in [6.45, 7) is 5.98. The number of amides is 2. The van der Waals surface area contributed by atoms with Gasteiger partial charge in [0.1, 0.15) is 12.1 Å². The van der Waals surface area contributed by atoms with Crippen molar-refractivity contribution in [1.82, 2.24) is 10.2 Å². The predicted molar refractivity (Wildman–Crippen MR) is 92.1 cm³/mol. The minimum atomic E-state index is -0.971. The van der Waals surface area contributed by atoms with Gasteiger partial charge in [-0.3, -0.25) is 4.79 Å². The van der Waals surface area contributed by atoms with Gasteiger partial charge >= 0.3 is 12.1 Å². The highest BCUT2D eigenvalue weighted by Gasteiger charge is 2.51. The highest BCUT2D eigenvalue weighted by Crippen LogP contribution is 2.46. The number of carbonyl (C=O) groups excluding carboxylic acids is 2. The average Bonchev–Trinajstić information content (AvgIpc) is 2.90. The molecule has 2 N–H and O–H groups in total. The van der Waals surface area contributed by atoms with E-state index in [4.69, 9.17) is 0 Å². The summed E-state index contributed by atoms with van der Waals surface area (Å²) < 4.78 is 4.64. The summed E-state index contributed by atoms with van der Waals surface area (Å²) in [7, 11) is 1.24. The molecule has 0 aromatic rings. The second kappa shape index (κ2) is 7.22. The Bertz CT molecular complexity index is 534. The molecule has 25 heavy (non-hydrogen) atoms. The standard InChI is InChI=1S/C18H30N2O5/c1-17(2,3)13(19-16(24)25-4)14(21)20-11-18(8-6-5-7-9-18)10-12(20)15(22)23/h12-13H,5-11H2,1-4H3,(H,19,24)(H,22,23). The third kappa shape index (κ3) is 4.25. The number of hydrogen-bond donors (Lipinski definition) is 2. The molecular weight excluding hydrogens is 324 g/mol. The van der Waals surface area contributed by atoms with Gasteiger partial charge in [-0.25, -0.2) is 9.59 Å². The van der Waals surface area contributed by atoms with Gasteiger partial charge in [0.25, 0.3) is 0 Å². The van der Waals surface area contributed by atoms with Gasteiger partial charge in [0.2, 0.25) is 5.91 Å². The van der Waals surface area contributed by atoms with E-state index in [1.165, 1.54) is 18.4 Å². The number of methoxy groups -OCH3 is 1. The van der Waals surface area contributed by atoms with Crippen LogP contribution in [-0.2, 0) is 14.3 Å².